The van der Waals surface area contributed by atoms with E-state index in [1.54, 1.807) is 11.3 Å². The van der Waals surface area contributed by atoms with Crippen molar-refractivity contribution in [3.63, 3.8) is 0 Å². The molecule has 0 aliphatic rings. The topological polar surface area (TPSA) is 42.2 Å². The lowest BCUT2D eigenvalue weighted by Gasteiger charge is -2.15. The second-order valence-corrected chi connectivity index (χ2v) is 5.56. The van der Waals surface area contributed by atoms with E-state index in [0.717, 1.165) is 23.0 Å². The number of hydrogen-bond acceptors (Lipinski definition) is 4. The first-order valence-corrected chi connectivity index (χ1v) is 6.92. The van der Waals surface area contributed by atoms with E-state index in [1.165, 1.54) is 11.1 Å². The zero-order valence-corrected chi connectivity index (χ0v) is 11.7. The molecule has 2 N–H and O–H groups in total. The molecule has 1 aromatic heterocycles. The molecule has 0 spiro atoms. The average molecular weight is 261 g/mol. The fraction of sp³-hybridized carbons (Fsp3) is 0.357. The maximum Gasteiger partial charge on any atom is 0.185 e. The number of aromatic nitrogens is 1. The van der Waals surface area contributed by atoms with Gasteiger partial charge in [0.15, 0.2) is 5.13 Å². The summed E-state index contributed by atoms with van der Waals surface area (Å²) in [6.07, 6.45) is 2.90. The smallest absolute Gasteiger partial charge is 0.185 e. The third-order valence-corrected chi connectivity index (χ3v) is 4.06. The predicted octanol–water partition coefficient (Wildman–Crippen LogP) is 2.59. The molecule has 2 aromatic rings. The van der Waals surface area contributed by atoms with E-state index >= 15 is 0 Å². The van der Waals surface area contributed by atoms with Gasteiger partial charge in [0.1, 0.15) is 0 Å². The van der Waals surface area contributed by atoms with Gasteiger partial charge in [-0.15, -0.1) is 11.3 Å². The van der Waals surface area contributed by atoms with Crippen LogP contribution in [0.5, 0.6) is 0 Å². The van der Waals surface area contributed by atoms with Crippen LogP contribution in [0.1, 0.15) is 16.0 Å². The van der Waals surface area contributed by atoms with Crippen LogP contribution in [0.3, 0.4) is 0 Å². The maximum absolute atomic E-state index is 5.59. The van der Waals surface area contributed by atoms with Crippen molar-refractivity contribution in [3.8, 4) is 0 Å². The Kier molecular flexibility index (Phi) is 4.33. The van der Waals surface area contributed by atoms with E-state index in [2.05, 4.69) is 48.1 Å². The van der Waals surface area contributed by atoms with Gasteiger partial charge >= 0.3 is 0 Å². The highest BCUT2D eigenvalue weighted by Gasteiger charge is 2.06. The number of hydrogen-bond donors (Lipinski definition) is 1. The lowest BCUT2D eigenvalue weighted by molar-refractivity contribution is 0.871. The van der Waals surface area contributed by atoms with Crippen molar-refractivity contribution in [1.82, 2.24) is 4.98 Å². The number of nitrogens with zero attached hydrogens (tertiary/aromatic N) is 2. The second kappa shape index (κ2) is 5.98. The highest BCUT2D eigenvalue weighted by Crippen LogP contribution is 2.21. The Balaban J connectivity index is 1.91. The predicted molar refractivity (Wildman–Crippen MR) is 78.2 cm³/mol. The van der Waals surface area contributed by atoms with Crippen LogP contribution in [0.15, 0.2) is 30.5 Å². The fourth-order valence-corrected chi connectivity index (χ4v) is 2.49. The Bertz CT molecular complexity index is 490. The zero-order chi connectivity index (χ0) is 13.0. The number of nitrogens with two attached hydrogens (primary N) is 1. The molecule has 3 nitrogen and oxygen atoms in total. The van der Waals surface area contributed by atoms with Gasteiger partial charge in [-0.2, -0.15) is 0 Å². The quantitative estimate of drug-likeness (QED) is 0.899. The Labute approximate surface area is 112 Å². The van der Waals surface area contributed by atoms with Crippen LogP contribution in [0.2, 0.25) is 0 Å². The van der Waals surface area contributed by atoms with Crippen molar-refractivity contribution < 1.29 is 0 Å². The summed E-state index contributed by atoms with van der Waals surface area (Å²) in [6, 6.07) is 8.70. The summed E-state index contributed by atoms with van der Waals surface area (Å²) in [7, 11) is 2.08. The van der Waals surface area contributed by atoms with Crippen LogP contribution < -0.4 is 10.6 Å². The molecule has 0 saturated carbocycles. The van der Waals surface area contributed by atoms with Gasteiger partial charge in [0.05, 0.1) is 0 Å². The zero-order valence-electron chi connectivity index (χ0n) is 10.9. The van der Waals surface area contributed by atoms with E-state index in [-0.39, 0.29) is 0 Å². The number of anilines is 1. The van der Waals surface area contributed by atoms with Crippen LogP contribution in [-0.4, -0.2) is 18.6 Å². The summed E-state index contributed by atoms with van der Waals surface area (Å²) in [4.78, 5) is 7.69. The molecule has 96 valence electrons. The standard InChI is InChI=1S/C14H19N3S/c1-11-3-5-12(6-4-11)7-8-17(2)14-16-10-13(9-15)18-14/h3-6,10H,7-9,15H2,1-2H3. The first-order chi connectivity index (χ1) is 8.69. The number of aryl methyl sites for hydroxylation is 1. The van der Waals surface area contributed by atoms with E-state index in [0.29, 0.717) is 6.54 Å². The van der Waals surface area contributed by atoms with Crippen LogP contribution in [0.4, 0.5) is 5.13 Å². The van der Waals surface area contributed by atoms with Crippen LogP contribution in [0.25, 0.3) is 0 Å². The molecule has 0 bridgehead atoms. The number of benzene rings is 1. The van der Waals surface area contributed by atoms with Crippen molar-refractivity contribution in [1.29, 1.82) is 0 Å². The summed E-state index contributed by atoms with van der Waals surface area (Å²) in [6.45, 7) is 3.66. The molecule has 0 saturated heterocycles. The normalized spacial score (nSPS) is 10.6. The Hall–Kier alpha value is -1.39. The Morgan fingerprint density at radius 1 is 1.28 bits per heavy atom. The molecule has 0 radical (unpaired) electrons. The van der Waals surface area contributed by atoms with Crippen molar-refractivity contribution in [3.05, 3.63) is 46.5 Å². The van der Waals surface area contributed by atoms with Gasteiger partial charge in [-0.1, -0.05) is 29.8 Å². The van der Waals surface area contributed by atoms with Gasteiger partial charge in [-0.05, 0) is 18.9 Å². The summed E-state index contributed by atoms with van der Waals surface area (Å²) >= 11 is 1.67. The first kappa shape index (κ1) is 13.1. The molecule has 0 aliphatic heterocycles. The maximum atomic E-state index is 5.59. The van der Waals surface area contributed by atoms with E-state index in [1.807, 2.05) is 6.20 Å². The summed E-state index contributed by atoms with van der Waals surface area (Å²) < 4.78 is 0. The monoisotopic (exact) mass is 261 g/mol. The van der Waals surface area contributed by atoms with Crippen molar-refractivity contribution in [2.45, 2.75) is 19.9 Å². The van der Waals surface area contributed by atoms with Crippen molar-refractivity contribution in [2.24, 2.45) is 5.73 Å². The first-order valence-electron chi connectivity index (χ1n) is 6.10. The van der Waals surface area contributed by atoms with Gasteiger partial charge in [0, 0.05) is 31.2 Å². The number of rotatable bonds is 5. The van der Waals surface area contributed by atoms with Crippen LogP contribution in [0, 0.1) is 6.92 Å². The Morgan fingerprint density at radius 3 is 2.61 bits per heavy atom. The minimum atomic E-state index is 0.573. The SMILES string of the molecule is Cc1ccc(CCN(C)c2ncc(CN)s2)cc1. The molecule has 1 heterocycles. The van der Waals surface area contributed by atoms with E-state index < -0.39 is 0 Å². The van der Waals surface area contributed by atoms with E-state index in [4.69, 9.17) is 5.73 Å². The van der Waals surface area contributed by atoms with Gasteiger partial charge in [-0.25, -0.2) is 4.98 Å². The molecule has 0 aliphatic carbocycles. The highest BCUT2D eigenvalue weighted by molar-refractivity contribution is 7.15. The summed E-state index contributed by atoms with van der Waals surface area (Å²) in [5.74, 6) is 0. The molecule has 18 heavy (non-hydrogen) atoms. The summed E-state index contributed by atoms with van der Waals surface area (Å²) in [5, 5.41) is 1.04. The minimum Gasteiger partial charge on any atom is -0.351 e. The third kappa shape index (κ3) is 3.31. The third-order valence-electron chi connectivity index (χ3n) is 2.93. The van der Waals surface area contributed by atoms with Crippen LogP contribution >= 0.6 is 11.3 Å². The molecule has 1 aromatic carbocycles. The second-order valence-electron chi connectivity index (χ2n) is 4.47. The fourth-order valence-electron chi connectivity index (χ4n) is 1.72. The molecule has 4 heteroatoms. The van der Waals surface area contributed by atoms with Gasteiger partial charge in [0.25, 0.3) is 0 Å². The van der Waals surface area contributed by atoms with Crippen molar-refractivity contribution in [2.75, 3.05) is 18.5 Å². The molecule has 0 amide bonds. The van der Waals surface area contributed by atoms with Crippen LogP contribution in [-0.2, 0) is 13.0 Å². The Morgan fingerprint density at radius 2 is 2.00 bits per heavy atom. The molecule has 0 unspecified atom stereocenters. The molecule has 2 rings (SSSR count). The minimum absolute atomic E-state index is 0.573. The number of likely N-dealkylation sites (N-methyl/N-ethyl adjacent to an activating group) is 1. The molecular weight excluding hydrogens is 242 g/mol. The largest absolute Gasteiger partial charge is 0.351 e. The highest BCUT2D eigenvalue weighted by atomic mass is 32.1. The lowest BCUT2D eigenvalue weighted by atomic mass is 10.1. The lowest BCUT2D eigenvalue weighted by Crippen LogP contribution is -2.19. The van der Waals surface area contributed by atoms with Crippen molar-refractivity contribution >= 4 is 16.5 Å². The molecule has 0 atom stereocenters. The van der Waals surface area contributed by atoms with Gasteiger partial charge in [-0.3, -0.25) is 0 Å². The molecular formula is C14H19N3S. The summed E-state index contributed by atoms with van der Waals surface area (Å²) in [5.41, 5.74) is 8.26. The molecule has 0 fully saturated rings. The number of thiazole rings is 1. The van der Waals surface area contributed by atoms with Gasteiger partial charge < -0.3 is 10.6 Å². The van der Waals surface area contributed by atoms with E-state index in [9.17, 15) is 0 Å². The van der Waals surface area contributed by atoms with Gasteiger partial charge in [0.2, 0.25) is 0 Å². The average Bonchev–Trinajstić information content (AvgIpc) is 2.86.